The van der Waals surface area contributed by atoms with Crippen LogP contribution in [0.15, 0.2) is 18.6 Å². The number of ether oxygens (including phenoxy) is 1. The molecule has 0 bridgehead atoms. The summed E-state index contributed by atoms with van der Waals surface area (Å²) in [7, 11) is 0. The highest BCUT2D eigenvalue weighted by molar-refractivity contribution is 5.33. The standard InChI is InChI=1S/C14H22N4O/c1-6-15-11-16-14(1)17-12-2-7-18(8-3-12)13-4-9-19-10-5-13/h1,6,11-13H,2-5,7-10H2,(H,15,16,17). The van der Waals surface area contributed by atoms with E-state index in [9.17, 15) is 0 Å². The van der Waals surface area contributed by atoms with E-state index in [1.54, 1.807) is 12.5 Å². The molecular formula is C14H22N4O. The smallest absolute Gasteiger partial charge is 0.129 e. The van der Waals surface area contributed by atoms with Crippen molar-refractivity contribution in [3.63, 3.8) is 0 Å². The van der Waals surface area contributed by atoms with Gasteiger partial charge in [0.1, 0.15) is 12.1 Å². The van der Waals surface area contributed by atoms with Crippen molar-refractivity contribution in [3.8, 4) is 0 Å². The van der Waals surface area contributed by atoms with Gasteiger partial charge in [-0.1, -0.05) is 0 Å². The first kappa shape index (κ1) is 12.8. The molecule has 0 amide bonds. The Kier molecular flexibility index (Phi) is 4.25. The predicted molar refractivity (Wildman–Crippen MR) is 74.1 cm³/mol. The van der Waals surface area contributed by atoms with Crippen LogP contribution in [0.3, 0.4) is 0 Å². The Bertz CT molecular complexity index is 372. The number of anilines is 1. The van der Waals surface area contributed by atoms with Crippen molar-refractivity contribution in [1.82, 2.24) is 14.9 Å². The van der Waals surface area contributed by atoms with Crippen LogP contribution >= 0.6 is 0 Å². The second kappa shape index (κ2) is 6.30. The number of piperidine rings is 1. The van der Waals surface area contributed by atoms with Crippen LogP contribution < -0.4 is 5.32 Å². The second-order valence-corrected chi connectivity index (χ2v) is 5.39. The van der Waals surface area contributed by atoms with Gasteiger partial charge in [0.05, 0.1) is 0 Å². The van der Waals surface area contributed by atoms with Crippen LogP contribution in [0.5, 0.6) is 0 Å². The molecule has 5 heteroatoms. The largest absolute Gasteiger partial charge is 0.381 e. The Labute approximate surface area is 114 Å². The van der Waals surface area contributed by atoms with E-state index in [0.29, 0.717) is 6.04 Å². The third-order valence-corrected chi connectivity index (χ3v) is 4.17. The van der Waals surface area contributed by atoms with Crippen molar-refractivity contribution in [2.45, 2.75) is 37.8 Å². The monoisotopic (exact) mass is 262 g/mol. The predicted octanol–water partition coefficient (Wildman–Crippen LogP) is 1.53. The van der Waals surface area contributed by atoms with Gasteiger partial charge in [-0.25, -0.2) is 9.97 Å². The summed E-state index contributed by atoms with van der Waals surface area (Å²) < 4.78 is 5.44. The van der Waals surface area contributed by atoms with Crippen LogP contribution in [0, 0.1) is 0 Å². The summed E-state index contributed by atoms with van der Waals surface area (Å²) in [4.78, 5) is 10.8. The minimum atomic E-state index is 0.547. The summed E-state index contributed by atoms with van der Waals surface area (Å²) in [5.41, 5.74) is 0. The fraction of sp³-hybridized carbons (Fsp3) is 0.714. The van der Waals surface area contributed by atoms with Crippen molar-refractivity contribution in [2.75, 3.05) is 31.6 Å². The van der Waals surface area contributed by atoms with E-state index in [2.05, 4.69) is 20.2 Å². The summed E-state index contributed by atoms with van der Waals surface area (Å²) >= 11 is 0. The molecule has 0 radical (unpaired) electrons. The zero-order valence-electron chi connectivity index (χ0n) is 11.3. The number of nitrogens with zero attached hydrogens (tertiary/aromatic N) is 3. The molecular weight excluding hydrogens is 240 g/mol. The summed E-state index contributed by atoms with van der Waals surface area (Å²) in [5.74, 6) is 0.944. The SMILES string of the molecule is c1cc(NC2CCN(C3CCOCC3)CC2)ncn1. The fourth-order valence-electron chi connectivity index (χ4n) is 3.04. The third kappa shape index (κ3) is 3.42. The van der Waals surface area contributed by atoms with Gasteiger partial charge in [0, 0.05) is 44.6 Å². The molecule has 0 aliphatic carbocycles. The van der Waals surface area contributed by atoms with E-state index in [-0.39, 0.29) is 0 Å². The summed E-state index contributed by atoms with van der Waals surface area (Å²) in [6, 6.07) is 3.23. The number of aromatic nitrogens is 2. The van der Waals surface area contributed by atoms with Crippen LogP contribution in [-0.4, -0.2) is 53.3 Å². The third-order valence-electron chi connectivity index (χ3n) is 4.17. The van der Waals surface area contributed by atoms with Gasteiger partial charge in [-0.05, 0) is 31.7 Å². The molecule has 104 valence electrons. The molecule has 0 aromatic carbocycles. The second-order valence-electron chi connectivity index (χ2n) is 5.39. The number of hydrogen-bond acceptors (Lipinski definition) is 5. The summed E-state index contributed by atoms with van der Waals surface area (Å²) in [5, 5.41) is 3.50. The summed E-state index contributed by atoms with van der Waals surface area (Å²) in [6.07, 6.45) is 8.17. The minimum Gasteiger partial charge on any atom is -0.381 e. The van der Waals surface area contributed by atoms with E-state index in [1.807, 2.05) is 6.07 Å². The van der Waals surface area contributed by atoms with Gasteiger partial charge in [-0.15, -0.1) is 0 Å². The van der Waals surface area contributed by atoms with Crippen molar-refractivity contribution >= 4 is 5.82 Å². The highest BCUT2D eigenvalue weighted by atomic mass is 16.5. The maximum atomic E-state index is 5.44. The van der Waals surface area contributed by atoms with Crippen LogP contribution in [0.4, 0.5) is 5.82 Å². The van der Waals surface area contributed by atoms with Crippen molar-refractivity contribution in [1.29, 1.82) is 0 Å². The first-order valence-electron chi connectivity index (χ1n) is 7.26. The molecule has 2 saturated heterocycles. The molecule has 2 aliphatic rings. The van der Waals surface area contributed by atoms with E-state index in [1.165, 1.54) is 38.8 Å². The molecule has 0 unspecified atom stereocenters. The molecule has 3 heterocycles. The molecule has 5 nitrogen and oxygen atoms in total. The molecule has 1 aromatic rings. The Morgan fingerprint density at radius 2 is 1.95 bits per heavy atom. The first-order chi connectivity index (χ1) is 9.42. The van der Waals surface area contributed by atoms with Crippen molar-refractivity contribution in [2.24, 2.45) is 0 Å². The van der Waals surface area contributed by atoms with Gasteiger partial charge in [0.25, 0.3) is 0 Å². The Balaban J connectivity index is 1.46. The lowest BCUT2D eigenvalue weighted by Crippen LogP contribution is -2.46. The number of nitrogens with one attached hydrogen (secondary N) is 1. The van der Waals surface area contributed by atoms with Crippen LogP contribution in [0.2, 0.25) is 0 Å². The van der Waals surface area contributed by atoms with Gasteiger partial charge in [0.15, 0.2) is 0 Å². The van der Waals surface area contributed by atoms with Crippen LogP contribution in [0.25, 0.3) is 0 Å². The van der Waals surface area contributed by atoms with Gasteiger partial charge in [-0.3, -0.25) is 0 Å². The average Bonchev–Trinajstić information content (AvgIpc) is 2.50. The first-order valence-corrected chi connectivity index (χ1v) is 7.26. The van der Waals surface area contributed by atoms with Gasteiger partial charge in [-0.2, -0.15) is 0 Å². The lowest BCUT2D eigenvalue weighted by molar-refractivity contribution is 0.0262. The van der Waals surface area contributed by atoms with E-state index >= 15 is 0 Å². The van der Waals surface area contributed by atoms with E-state index < -0.39 is 0 Å². The molecule has 2 fully saturated rings. The highest BCUT2D eigenvalue weighted by Gasteiger charge is 2.26. The van der Waals surface area contributed by atoms with Crippen LogP contribution in [0.1, 0.15) is 25.7 Å². The highest BCUT2D eigenvalue weighted by Crippen LogP contribution is 2.21. The summed E-state index contributed by atoms with van der Waals surface area (Å²) in [6.45, 7) is 4.24. The Hall–Kier alpha value is -1.20. The van der Waals surface area contributed by atoms with Gasteiger partial charge < -0.3 is 15.0 Å². The van der Waals surface area contributed by atoms with Gasteiger partial charge >= 0.3 is 0 Å². The topological polar surface area (TPSA) is 50.3 Å². The fourth-order valence-corrected chi connectivity index (χ4v) is 3.04. The number of rotatable bonds is 3. The van der Waals surface area contributed by atoms with E-state index in [4.69, 9.17) is 4.74 Å². The number of likely N-dealkylation sites (tertiary alicyclic amines) is 1. The lowest BCUT2D eigenvalue weighted by atomic mass is 10.00. The zero-order valence-corrected chi connectivity index (χ0v) is 11.3. The molecule has 1 N–H and O–H groups in total. The normalized spacial score (nSPS) is 23.4. The molecule has 2 aliphatic heterocycles. The van der Waals surface area contributed by atoms with Crippen LogP contribution in [-0.2, 0) is 4.74 Å². The molecule has 0 spiro atoms. The average molecular weight is 262 g/mol. The molecule has 1 aromatic heterocycles. The Morgan fingerprint density at radius 1 is 1.16 bits per heavy atom. The molecule has 3 rings (SSSR count). The molecule has 0 saturated carbocycles. The maximum Gasteiger partial charge on any atom is 0.129 e. The molecule has 0 atom stereocenters. The lowest BCUT2D eigenvalue weighted by Gasteiger charge is -2.39. The van der Waals surface area contributed by atoms with Gasteiger partial charge in [0.2, 0.25) is 0 Å². The maximum absolute atomic E-state index is 5.44. The number of hydrogen-bond donors (Lipinski definition) is 1. The molecule has 19 heavy (non-hydrogen) atoms. The van der Waals surface area contributed by atoms with E-state index in [0.717, 1.165) is 25.1 Å². The zero-order chi connectivity index (χ0) is 12.9. The van der Waals surface area contributed by atoms with Crippen molar-refractivity contribution < 1.29 is 4.74 Å². The Morgan fingerprint density at radius 3 is 2.63 bits per heavy atom. The quantitative estimate of drug-likeness (QED) is 0.895. The van der Waals surface area contributed by atoms with Crippen molar-refractivity contribution in [3.05, 3.63) is 18.6 Å². The minimum absolute atomic E-state index is 0.547.